The molecule has 10 heteroatoms. The van der Waals surface area contributed by atoms with Gasteiger partial charge < -0.3 is 20.1 Å². The summed E-state index contributed by atoms with van der Waals surface area (Å²) in [4.78, 5) is 35.8. The molecule has 0 aromatic heterocycles. The van der Waals surface area contributed by atoms with Crippen molar-refractivity contribution in [3.8, 4) is 11.5 Å². The van der Waals surface area contributed by atoms with Crippen LogP contribution in [0.1, 0.15) is 5.56 Å². The highest BCUT2D eigenvalue weighted by Gasteiger charge is 2.13. The second kappa shape index (κ2) is 12.0. The Bertz CT molecular complexity index is 1180. The Balaban J connectivity index is 1.43. The van der Waals surface area contributed by atoms with Crippen molar-refractivity contribution in [3.63, 3.8) is 0 Å². The monoisotopic (exact) mass is 480 g/mol. The van der Waals surface area contributed by atoms with Crippen LogP contribution in [0, 0.1) is 0 Å². The normalized spacial score (nSPS) is 10.4. The molecule has 174 valence electrons. The molecule has 0 heterocycles. The van der Waals surface area contributed by atoms with Gasteiger partial charge in [-0.2, -0.15) is 5.10 Å². The number of halogens is 1. The van der Waals surface area contributed by atoms with Crippen LogP contribution in [0.25, 0.3) is 0 Å². The maximum atomic E-state index is 12.0. The number of ether oxygens (including phenoxy) is 2. The first-order valence-corrected chi connectivity index (χ1v) is 10.4. The maximum absolute atomic E-state index is 12.0. The summed E-state index contributed by atoms with van der Waals surface area (Å²) >= 11 is 5.81. The van der Waals surface area contributed by atoms with Crippen LogP contribution in [0.4, 0.5) is 11.4 Å². The third-order valence-corrected chi connectivity index (χ3v) is 4.54. The molecule has 0 radical (unpaired) electrons. The third-order valence-electron chi connectivity index (χ3n) is 4.29. The molecule has 0 saturated carbocycles. The zero-order valence-electron chi connectivity index (χ0n) is 18.1. The average Bonchev–Trinajstić information content (AvgIpc) is 2.85. The molecular formula is C24H21ClN4O5. The zero-order chi connectivity index (χ0) is 24.3. The van der Waals surface area contributed by atoms with E-state index in [1.807, 2.05) is 0 Å². The molecule has 9 nitrogen and oxygen atoms in total. The fraction of sp³-hybridized carbons (Fsp3) is 0.0833. The predicted molar refractivity (Wildman–Crippen MR) is 129 cm³/mol. The summed E-state index contributed by atoms with van der Waals surface area (Å²) in [6.07, 6.45) is 1.37. The molecule has 3 aromatic carbocycles. The number of nitrogens with one attached hydrogen (secondary N) is 3. The summed E-state index contributed by atoms with van der Waals surface area (Å²) < 4.78 is 10.5. The lowest BCUT2D eigenvalue weighted by molar-refractivity contribution is -0.136. The van der Waals surface area contributed by atoms with E-state index in [0.29, 0.717) is 33.5 Å². The van der Waals surface area contributed by atoms with Crippen molar-refractivity contribution in [2.24, 2.45) is 5.10 Å². The van der Waals surface area contributed by atoms with Crippen molar-refractivity contribution in [3.05, 3.63) is 83.4 Å². The quantitative estimate of drug-likeness (QED) is 0.259. The van der Waals surface area contributed by atoms with Crippen LogP contribution >= 0.6 is 11.6 Å². The number of anilines is 2. The molecule has 3 N–H and O–H groups in total. The van der Waals surface area contributed by atoms with Gasteiger partial charge >= 0.3 is 11.8 Å². The number of hydrazone groups is 1. The fourth-order valence-electron chi connectivity index (χ4n) is 2.63. The molecule has 0 aliphatic heterocycles. The Morgan fingerprint density at radius 1 is 0.882 bits per heavy atom. The van der Waals surface area contributed by atoms with Gasteiger partial charge in [0.2, 0.25) is 0 Å². The zero-order valence-corrected chi connectivity index (χ0v) is 18.8. The van der Waals surface area contributed by atoms with E-state index in [-0.39, 0.29) is 12.5 Å². The molecule has 3 rings (SSSR count). The molecule has 3 amide bonds. The van der Waals surface area contributed by atoms with Crippen molar-refractivity contribution in [1.82, 2.24) is 5.43 Å². The van der Waals surface area contributed by atoms with Gasteiger partial charge in [0.1, 0.15) is 11.5 Å². The lowest BCUT2D eigenvalue weighted by atomic mass is 10.2. The van der Waals surface area contributed by atoms with Crippen LogP contribution in [0.3, 0.4) is 0 Å². The molecule has 0 spiro atoms. The number of rotatable bonds is 8. The topological polar surface area (TPSA) is 118 Å². The molecule has 0 atom stereocenters. The molecule has 0 aliphatic rings. The van der Waals surface area contributed by atoms with Gasteiger partial charge in [-0.05, 0) is 66.2 Å². The molecule has 34 heavy (non-hydrogen) atoms. The number of hydrogen-bond donors (Lipinski definition) is 3. The van der Waals surface area contributed by atoms with E-state index in [9.17, 15) is 14.4 Å². The highest BCUT2D eigenvalue weighted by Crippen LogP contribution is 2.17. The first kappa shape index (κ1) is 24.3. The van der Waals surface area contributed by atoms with Crippen LogP contribution in [-0.2, 0) is 14.4 Å². The van der Waals surface area contributed by atoms with Crippen LogP contribution in [0.2, 0.25) is 5.02 Å². The smallest absolute Gasteiger partial charge is 0.329 e. The van der Waals surface area contributed by atoms with E-state index in [4.69, 9.17) is 21.1 Å². The van der Waals surface area contributed by atoms with Crippen molar-refractivity contribution in [1.29, 1.82) is 0 Å². The van der Waals surface area contributed by atoms with Gasteiger partial charge in [-0.15, -0.1) is 0 Å². The van der Waals surface area contributed by atoms with E-state index in [2.05, 4.69) is 21.2 Å². The standard InChI is InChI=1S/C24H21ClN4O5/c1-33-21-4-2-3-19(13-21)28-23(31)24(32)29-26-14-16-5-11-20(12-6-16)34-15-22(30)27-18-9-7-17(25)8-10-18/h2-14H,15H2,1H3,(H,27,30)(H,28,31)(H,29,32)/b26-14-. The predicted octanol–water partition coefficient (Wildman–Crippen LogP) is 3.45. The van der Waals surface area contributed by atoms with Crippen molar-refractivity contribution < 1.29 is 23.9 Å². The number of carbonyl (C=O) groups excluding carboxylic acids is 3. The first-order valence-electron chi connectivity index (χ1n) is 9.99. The van der Waals surface area contributed by atoms with Gasteiger partial charge in [0.25, 0.3) is 5.91 Å². The summed E-state index contributed by atoms with van der Waals surface area (Å²) in [6, 6.07) is 20.0. The van der Waals surface area contributed by atoms with Crippen LogP contribution in [0.15, 0.2) is 77.9 Å². The van der Waals surface area contributed by atoms with E-state index in [0.717, 1.165) is 0 Å². The van der Waals surface area contributed by atoms with E-state index >= 15 is 0 Å². The molecule has 0 unspecified atom stereocenters. The Labute approximate surface area is 200 Å². The van der Waals surface area contributed by atoms with Crippen LogP contribution in [-0.4, -0.2) is 37.7 Å². The first-order chi connectivity index (χ1) is 16.4. The number of nitrogens with zero attached hydrogens (tertiary/aromatic N) is 1. The van der Waals surface area contributed by atoms with Gasteiger partial charge in [0.05, 0.1) is 13.3 Å². The summed E-state index contributed by atoms with van der Waals surface area (Å²) in [5.74, 6) is -1.09. The summed E-state index contributed by atoms with van der Waals surface area (Å²) in [5.41, 5.74) is 3.83. The Hall–Kier alpha value is -4.37. The lowest BCUT2D eigenvalue weighted by Crippen LogP contribution is -2.32. The average molecular weight is 481 g/mol. The van der Waals surface area contributed by atoms with Crippen molar-refractivity contribution >= 4 is 46.9 Å². The fourth-order valence-corrected chi connectivity index (χ4v) is 2.76. The van der Waals surface area contributed by atoms with Gasteiger partial charge in [0.15, 0.2) is 6.61 Å². The molecule has 0 fully saturated rings. The largest absolute Gasteiger partial charge is 0.497 e. The van der Waals surface area contributed by atoms with E-state index in [1.165, 1.54) is 13.3 Å². The summed E-state index contributed by atoms with van der Waals surface area (Å²) in [7, 11) is 1.50. The Morgan fingerprint density at radius 3 is 2.32 bits per heavy atom. The molecule has 0 saturated heterocycles. The van der Waals surface area contributed by atoms with E-state index in [1.54, 1.807) is 72.8 Å². The Kier molecular flexibility index (Phi) is 8.59. The second-order valence-corrected chi connectivity index (χ2v) is 7.23. The van der Waals surface area contributed by atoms with Crippen LogP contribution in [0.5, 0.6) is 11.5 Å². The Morgan fingerprint density at radius 2 is 1.62 bits per heavy atom. The minimum Gasteiger partial charge on any atom is -0.497 e. The van der Waals surface area contributed by atoms with Gasteiger partial charge in [0, 0.05) is 22.5 Å². The van der Waals surface area contributed by atoms with Gasteiger partial charge in [-0.3, -0.25) is 14.4 Å². The van der Waals surface area contributed by atoms with Crippen LogP contribution < -0.4 is 25.5 Å². The number of amides is 3. The second-order valence-electron chi connectivity index (χ2n) is 6.80. The number of methoxy groups -OCH3 is 1. The van der Waals surface area contributed by atoms with Crippen molar-refractivity contribution in [2.45, 2.75) is 0 Å². The molecular weight excluding hydrogens is 460 g/mol. The minimum absolute atomic E-state index is 0.172. The summed E-state index contributed by atoms with van der Waals surface area (Å²) in [5, 5.41) is 9.50. The number of hydrogen-bond acceptors (Lipinski definition) is 6. The summed E-state index contributed by atoms with van der Waals surface area (Å²) in [6.45, 7) is -0.172. The van der Waals surface area contributed by atoms with Crippen molar-refractivity contribution in [2.75, 3.05) is 24.4 Å². The van der Waals surface area contributed by atoms with Gasteiger partial charge in [-0.1, -0.05) is 17.7 Å². The highest BCUT2D eigenvalue weighted by atomic mass is 35.5. The molecule has 0 bridgehead atoms. The van der Waals surface area contributed by atoms with Gasteiger partial charge in [-0.25, -0.2) is 5.43 Å². The highest BCUT2D eigenvalue weighted by molar-refractivity contribution is 6.39. The molecule has 3 aromatic rings. The minimum atomic E-state index is -0.925. The number of carbonyl (C=O) groups is 3. The SMILES string of the molecule is COc1cccc(NC(=O)C(=O)N/N=C\c2ccc(OCC(=O)Nc3ccc(Cl)cc3)cc2)c1. The maximum Gasteiger partial charge on any atom is 0.329 e. The number of benzene rings is 3. The lowest BCUT2D eigenvalue weighted by Gasteiger charge is -2.08. The van der Waals surface area contributed by atoms with E-state index < -0.39 is 11.8 Å². The molecule has 0 aliphatic carbocycles. The third kappa shape index (κ3) is 7.64.